The number of aryl methyl sites for hydroxylation is 1. The van der Waals surface area contributed by atoms with Gasteiger partial charge in [-0.2, -0.15) is 0 Å². The van der Waals surface area contributed by atoms with Crippen LogP contribution in [0.25, 0.3) is 0 Å². The highest BCUT2D eigenvalue weighted by molar-refractivity contribution is 5.05. The summed E-state index contributed by atoms with van der Waals surface area (Å²) in [6, 6.07) is 0. The van der Waals surface area contributed by atoms with Crippen molar-refractivity contribution in [2.24, 2.45) is 0 Å². The maximum absolute atomic E-state index is 10.8. The van der Waals surface area contributed by atoms with Crippen molar-refractivity contribution in [2.45, 2.75) is 13.8 Å². The number of hydrogen-bond donors (Lipinski definition) is 1. The lowest BCUT2D eigenvalue weighted by atomic mass is 10.3. The van der Waals surface area contributed by atoms with Crippen LogP contribution < -0.4 is 4.73 Å². The van der Waals surface area contributed by atoms with E-state index in [-0.39, 0.29) is 5.88 Å². The quantitative estimate of drug-likeness (QED) is 0.408. The molecule has 1 heterocycles. The Morgan fingerprint density at radius 3 is 2.70 bits per heavy atom. The first-order valence-corrected chi connectivity index (χ1v) is 2.87. The lowest BCUT2D eigenvalue weighted by Gasteiger charge is -2.01. The number of nitrogens with zero attached hydrogens (tertiary/aromatic N) is 2. The molecule has 10 heavy (non-hydrogen) atoms. The minimum atomic E-state index is -0.358. The Hall–Kier alpha value is -1.32. The van der Waals surface area contributed by atoms with E-state index in [9.17, 15) is 5.21 Å². The summed E-state index contributed by atoms with van der Waals surface area (Å²) in [6.45, 7) is 3.32. The highest BCUT2D eigenvalue weighted by Crippen LogP contribution is 2.01. The van der Waals surface area contributed by atoms with Crippen LogP contribution in [0.2, 0.25) is 0 Å². The Bertz CT molecular complexity index is 233. The summed E-state index contributed by atoms with van der Waals surface area (Å²) in [6.07, 6.45) is 1.13. The molecule has 0 atom stereocenters. The Morgan fingerprint density at radius 2 is 2.20 bits per heavy atom. The molecule has 0 aromatic carbocycles. The fourth-order valence-electron chi connectivity index (χ4n) is 0.619. The summed E-state index contributed by atoms with van der Waals surface area (Å²) in [5, 5.41) is 19.6. The van der Waals surface area contributed by atoms with E-state index in [1.54, 1.807) is 13.8 Å². The number of rotatable bonds is 0. The van der Waals surface area contributed by atoms with Crippen LogP contribution in [0.15, 0.2) is 6.20 Å². The van der Waals surface area contributed by atoms with E-state index in [1.807, 2.05) is 0 Å². The van der Waals surface area contributed by atoms with Crippen molar-refractivity contribution in [3.05, 3.63) is 22.8 Å². The molecule has 0 unspecified atom stereocenters. The van der Waals surface area contributed by atoms with Gasteiger partial charge in [-0.1, -0.05) is 0 Å². The highest BCUT2D eigenvalue weighted by Gasteiger charge is 2.08. The van der Waals surface area contributed by atoms with E-state index in [2.05, 4.69) is 4.98 Å². The maximum Gasteiger partial charge on any atom is 0.396 e. The van der Waals surface area contributed by atoms with Gasteiger partial charge in [0.2, 0.25) is 5.69 Å². The van der Waals surface area contributed by atoms with E-state index in [1.165, 1.54) is 0 Å². The van der Waals surface area contributed by atoms with Crippen molar-refractivity contribution >= 4 is 0 Å². The lowest BCUT2D eigenvalue weighted by Crippen LogP contribution is -2.31. The summed E-state index contributed by atoms with van der Waals surface area (Å²) < 4.78 is 0.447. The van der Waals surface area contributed by atoms with Crippen molar-refractivity contribution < 1.29 is 9.84 Å². The van der Waals surface area contributed by atoms with E-state index >= 15 is 0 Å². The number of hydrogen-bond acceptors (Lipinski definition) is 3. The van der Waals surface area contributed by atoms with Gasteiger partial charge in [-0.3, -0.25) is 0 Å². The Morgan fingerprint density at radius 1 is 1.60 bits per heavy atom. The first-order chi connectivity index (χ1) is 4.63. The third-order valence-corrected chi connectivity index (χ3v) is 1.41. The molecule has 54 valence electrons. The summed E-state index contributed by atoms with van der Waals surface area (Å²) in [4.78, 5) is 3.77. The van der Waals surface area contributed by atoms with Gasteiger partial charge in [0.1, 0.15) is 11.9 Å². The topological polar surface area (TPSA) is 60.1 Å². The van der Waals surface area contributed by atoms with Gasteiger partial charge in [0, 0.05) is 6.92 Å². The molecule has 1 N–H and O–H groups in total. The van der Waals surface area contributed by atoms with Crippen LogP contribution >= 0.6 is 0 Å². The molecule has 0 spiro atoms. The molecule has 0 radical (unpaired) electrons. The molecule has 0 aliphatic heterocycles. The molecule has 1 aromatic rings. The van der Waals surface area contributed by atoms with E-state index < -0.39 is 0 Å². The predicted molar refractivity (Wildman–Crippen MR) is 34.3 cm³/mol. The molecule has 4 nitrogen and oxygen atoms in total. The van der Waals surface area contributed by atoms with Crippen molar-refractivity contribution in [3.63, 3.8) is 0 Å². The summed E-state index contributed by atoms with van der Waals surface area (Å²) in [5.74, 6) is -0.358. The fourth-order valence-corrected chi connectivity index (χ4v) is 0.619. The van der Waals surface area contributed by atoms with Crippen molar-refractivity contribution in [1.29, 1.82) is 0 Å². The molecule has 0 aliphatic carbocycles. The largest absolute Gasteiger partial charge is 0.616 e. The SMILES string of the molecule is Cc1ncc(O)[n+]([O-])c1C. The zero-order valence-corrected chi connectivity index (χ0v) is 5.83. The van der Waals surface area contributed by atoms with Crippen LogP contribution in [0.3, 0.4) is 0 Å². The van der Waals surface area contributed by atoms with Crippen LogP contribution in [0, 0.1) is 19.1 Å². The third-order valence-electron chi connectivity index (χ3n) is 1.41. The monoisotopic (exact) mass is 140 g/mol. The van der Waals surface area contributed by atoms with Gasteiger partial charge in [-0.25, -0.2) is 4.98 Å². The van der Waals surface area contributed by atoms with Gasteiger partial charge < -0.3 is 10.3 Å². The van der Waals surface area contributed by atoms with Crippen LogP contribution in [0.1, 0.15) is 11.4 Å². The Labute approximate surface area is 58.4 Å². The van der Waals surface area contributed by atoms with Crippen molar-refractivity contribution in [2.75, 3.05) is 0 Å². The molecule has 0 saturated heterocycles. The third kappa shape index (κ3) is 0.877. The van der Waals surface area contributed by atoms with Crippen LogP contribution in [-0.4, -0.2) is 10.1 Å². The first-order valence-electron chi connectivity index (χ1n) is 2.87. The summed E-state index contributed by atoms with van der Waals surface area (Å²) >= 11 is 0. The summed E-state index contributed by atoms with van der Waals surface area (Å²) in [5.41, 5.74) is 1.06. The molecule has 1 rings (SSSR count). The average Bonchev–Trinajstić information content (AvgIpc) is 1.93. The second-order valence-corrected chi connectivity index (χ2v) is 2.08. The zero-order chi connectivity index (χ0) is 7.72. The fraction of sp³-hybridized carbons (Fsp3) is 0.333. The van der Waals surface area contributed by atoms with Gasteiger partial charge in [0.05, 0.1) is 0 Å². The van der Waals surface area contributed by atoms with Gasteiger partial charge >= 0.3 is 5.88 Å². The molecule has 0 bridgehead atoms. The highest BCUT2D eigenvalue weighted by atomic mass is 16.5. The minimum Gasteiger partial charge on any atom is -0.616 e. The molecule has 0 fully saturated rings. The molecule has 4 heteroatoms. The minimum absolute atomic E-state index is 0.358. The first kappa shape index (κ1) is 6.80. The van der Waals surface area contributed by atoms with Crippen LogP contribution in [-0.2, 0) is 0 Å². The Kier molecular flexibility index (Phi) is 1.45. The van der Waals surface area contributed by atoms with Crippen molar-refractivity contribution in [1.82, 2.24) is 4.98 Å². The van der Waals surface area contributed by atoms with E-state index in [0.717, 1.165) is 6.20 Å². The Balaban J connectivity index is 3.34. The van der Waals surface area contributed by atoms with Crippen molar-refractivity contribution in [3.8, 4) is 5.88 Å². The smallest absolute Gasteiger partial charge is 0.396 e. The van der Waals surface area contributed by atoms with Crippen LogP contribution in [0.4, 0.5) is 0 Å². The van der Waals surface area contributed by atoms with E-state index in [0.29, 0.717) is 16.1 Å². The molecular formula is C6H8N2O2. The molecule has 0 aliphatic rings. The van der Waals surface area contributed by atoms with Crippen LogP contribution in [0.5, 0.6) is 5.88 Å². The molecular weight excluding hydrogens is 132 g/mol. The normalized spacial score (nSPS) is 9.80. The number of aromatic hydroxyl groups is 1. The summed E-state index contributed by atoms with van der Waals surface area (Å²) in [7, 11) is 0. The van der Waals surface area contributed by atoms with Gasteiger partial charge in [0.15, 0.2) is 0 Å². The standard InChI is InChI=1S/C6H8N2O2/c1-4-5(2)8(10)6(9)3-7-4/h3,9H,1-2H3. The maximum atomic E-state index is 10.8. The van der Waals surface area contributed by atoms with Gasteiger partial charge in [-0.05, 0) is 6.92 Å². The average molecular weight is 140 g/mol. The lowest BCUT2D eigenvalue weighted by molar-refractivity contribution is -0.621. The second kappa shape index (κ2) is 2.13. The molecule has 0 saturated carbocycles. The van der Waals surface area contributed by atoms with Gasteiger partial charge in [0.25, 0.3) is 0 Å². The molecule has 1 aromatic heterocycles. The van der Waals surface area contributed by atoms with Gasteiger partial charge in [-0.15, -0.1) is 4.73 Å². The number of aromatic nitrogens is 2. The second-order valence-electron chi connectivity index (χ2n) is 2.08. The molecule has 0 amide bonds. The predicted octanol–water partition coefficient (Wildman–Crippen LogP) is 0.0374. The zero-order valence-electron chi connectivity index (χ0n) is 5.83. The van der Waals surface area contributed by atoms with E-state index in [4.69, 9.17) is 5.11 Å².